The number of likely N-dealkylation sites (tertiary alicyclic amines) is 1. The molecule has 3 rings (SSSR count). The lowest BCUT2D eigenvalue weighted by molar-refractivity contribution is 0.204. The van der Waals surface area contributed by atoms with Gasteiger partial charge in [0.25, 0.3) is 0 Å². The van der Waals surface area contributed by atoms with Crippen LogP contribution in [0.1, 0.15) is 18.5 Å². The standard InChI is InChI=1S/C13H17FN4/c14-10-1-2-13-16-12(9-18(13)7-10)8-17-5-3-11(15)4-6-17/h1-2,7,9,11H,3-6,8,15H2. The van der Waals surface area contributed by atoms with Crippen LogP contribution in [0.5, 0.6) is 0 Å². The van der Waals surface area contributed by atoms with E-state index in [-0.39, 0.29) is 5.82 Å². The molecule has 2 aromatic rings. The molecule has 0 amide bonds. The second-order valence-corrected chi connectivity index (χ2v) is 4.96. The van der Waals surface area contributed by atoms with Crippen LogP contribution < -0.4 is 5.73 Å². The molecule has 0 unspecified atom stereocenters. The number of nitrogens with two attached hydrogens (primary N) is 1. The van der Waals surface area contributed by atoms with Gasteiger partial charge in [-0.25, -0.2) is 9.37 Å². The summed E-state index contributed by atoms with van der Waals surface area (Å²) in [6.07, 6.45) is 5.44. The Kier molecular flexibility index (Phi) is 3.01. The van der Waals surface area contributed by atoms with Crippen molar-refractivity contribution in [3.8, 4) is 0 Å². The van der Waals surface area contributed by atoms with E-state index in [4.69, 9.17) is 5.73 Å². The molecule has 18 heavy (non-hydrogen) atoms. The molecule has 3 heterocycles. The van der Waals surface area contributed by atoms with E-state index in [1.807, 2.05) is 6.20 Å². The van der Waals surface area contributed by atoms with Gasteiger partial charge in [0.15, 0.2) is 0 Å². The quantitative estimate of drug-likeness (QED) is 0.873. The Balaban J connectivity index is 1.74. The van der Waals surface area contributed by atoms with Crippen molar-refractivity contribution in [2.24, 2.45) is 5.73 Å². The number of nitrogens with zero attached hydrogens (tertiary/aromatic N) is 3. The van der Waals surface area contributed by atoms with Crippen molar-refractivity contribution >= 4 is 5.65 Å². The summed E-state index contributed by atoms with van der Waals surface area (Å²) in [6, 6.07) is 3.48. The van der Waals surface area contributed by atoms with Crippen molar-refractivity contribution in [2.45, 2.75) is 25.4 Å². The van der Waals surface area contributed by atoms with Crippen LogP contribution in [0.4, 0.5) is 4.39 Å². The fourth-order valence-corrected chi connectivity index (χ4v) is 2.43. The van der Waals surface area contributed by atoms with E-state index in [1.165, 1.54) is 12.3 Å². The highest BCUT2D eigenvalue weighted by molar-refractivity contribution is 5.39. The molecule has 0 aromatic carbocycles. The highest BCUT2D eigenvalue weighted by Crippen LogP contribution is 2.13. The monoisotopic (exact) mass is 248 g/mol. The molecular formula is C13H17FN4. The Morgan fingerprint density at radius 2 is 2.06 bits per heavy atom. The minimum absolute atomic E-state index is 0.240. The summed E-state index contributed by atoms with van der Waals surface area (Å²) in [7, 11) is 0. The summed E-state index contributed by atoms with van der Waals surface area (Å²) in [4.78, 5) is 6.84. The summed E-state index contributed by atoms with van der Waals surface area (Å²) in [6.45, 7) is 2.85. The molecule has 0 aliphatic carbocycles. The normalized spacial score (nSPS) is 18.6. The number of aromatic nitrogens is 2. The molecule has 0 atom stereocenters. The first-order chi connectivity index (χ1) is 8.70. The minimum atomic E-state index is -0.240. The molecule has 2 aromatic heterocycles. The topological polar surface area (TPSA) is 46.6 Å². The SMILES string of the molecule is NC1CCN(Cc2cn3cc(F)ccc3n2)CC1. The number of rotatable bonds is 2. The van der Waals surface area contributed by atoms with Crippen LogP contribution in [0.15, 0.2) is 24.5 Å². The van der Waals surface area contributed by atoms with Crippen molar-refractivity contribution in [3.05, 3.63) is 36.0 Å². The number of halogens is 1. The second-order valence-electron chi connectivity index (χ2n) is 4.96. The van der Waals surface area contributed by atoms with Gasteiger partial charge in [-0.2, -0.15) is 0 Å². The summed E-state index contributed by atoms with van der Waals surface area (Å²) in [5.41, 5.74) is 7.65. The summed E-state index contributed by atoms with van der Waals surface area (Å²) in [5, 5.41) is 0. The second kappa shape index (κ2) is 4.66. The maximum Gasteiger partial charge on any atom is 0.139 e. The minimum Gasteiger partial charge on any atom is -0.328 e. The van der Waals surface area contributed by atoms with Crippen molar-refractivity contribution in [1.82, 2.24) is 14.3 Å². The Morgan fingerprint density at radius 3 is 2.83 bits per heavy atom. The van der Waals surface area contributed by atoms with E-state index >= 15 is 0 Å². The van der Waals surface area contributed by atoms with Gasteiger partial charge >= 0.3 is 0 Å². The number of pyridine rings is 1. The highest BCUT2D eigenvalue weighted by Gasteiger charge is 2.16. The molecule has 2 N–H and O–H groups in total. The van der Waals surface area contributed by atoms with Crippen molar-refractivity contribution in [2.75, 3.05) is 13.1 Å². The molecule has 0 bridgehead atoms. The largest absolute Gasteiger partial charge is 0.328 e. The Hall–Kier alpha value is -1.46. The van der Waals surface area contributed by atoms with Gasteiger partial charge < -0.3 is 10.1 Å². The molecule has 1 aliphatic rings. The molecule has 96 valence electrons. The summed E-state index contributed by atoms with van der Waals surface area (Å²) >= 11 is 0. The third-order valence-corrected chi connectivity index (χ3v) is 3.48. The number of imidazole rings is 1. The fraction of sp³-hybridized carbons (Fsp3) is 0.462. The van der Waals surface area contributed by atoms with Crippen molar-refractivity contribution in [3.63, 3.8) is 0 Å². The van der Waals surface area contributed by atoms with E-state index in [2.05, 4.69) is 9.88 Å². The number of fused-ring (bicyclic) bond motifs is 1. The van der Waals surface area contributed by atoms with Crippen molar-refractivity contribution in [1.29, 1.82) is 0 Å². The van der Waals surface area contributed by atoms with E-state index < -0.39 is 0 Å². The van der Waals surface area contributed by atoms with E-state index in [9.17, 15) is 4.39 Å². The van der Waals surface area contributed by atoms with Crippen LogP contribution in [0.25, 0.3) is 5.65 Å². The average molecular weight is 248 g/mol. The highest BCUT2D eigenvalue weighted by atomic mass is 19.1. The van der Waals surface area contributed by atoms with E-state index in [0.717, 1.165) is 43.8 Å². The molecule has 0 spiro atoms. The van der Waals surface area contributed by atoms with Crippen LogP contribution in [0.2, 0.25) is 0 Å². The maximum atomic E-state index is 13.1. The first-order valence-electron chi connectivity index (χ1n) is 6.32. The Bertz CT molecular complexity index is 543. The lowest BCUT2D eigenvalue weighted by atomic mass is 10.1. The fourth-order valence-electron chi connectivity index (χ4n) is 2.43. The third kappa shape index (κ3) is 2.37. The molecule has 4 nitrogen and oxygen atoms in total. The van der Waals surface area contributed by atoms with Gasteiger partial charge in [-0.1, -0.05) is 0 Å². The van der Waals surface area contributed by atoms with Gasteiger partial charge in [-0.05, 0) is 25.0 Å². The zero-order chi connectivity index (χ0) is 12.5. The molecule has 5 heteroatoms. The zero-order valence-corrected chi connectivity index (χ0v) is 10.2. The van der Waals surface area contributed by atoms with Gasteiger partial charge in [0.05, 0.1) is 5.69 Å². The summed E-state index contributed by atoms with van der Waals surface area (Å²) < 4.78 is 14.8. The van der Waals surface area contributed by atoms with Gasteiger partial charge in [-0.15, -0.1) is 0 Å². The average Bonchev–Trinajstić information content (AvgIpc) is 2.73. The van der Waals surface area contributed by atoms with E-state index in [0.29, 0.717) is 6.04 Å². The molecule has 1 aliphatic heterocycles. The lowest BCUT2D eigenvalue weighted by Gasteiger charge is -2.29. The number of hydrogen-bond donors (Lipinski definition) is 1. The van der Waals surface area contributed by atoms with Gasteiger partial charge in [0, 0.05) is 38.1 Å². The predicted molar refractivity (Wildman–Crippen MR) is 67.6 cm³/mol. The smallest absolute Gasteiger partial charge is 0.139 e. The zero-order valence-electron chi connectivity index (χ0n) is 10.2. The molecule has 1 fully saturated rings. The first kappa shape index (κ1) is 11.6. The number of hydrogen-bond acceptors (Lipinski definition) is 3. The van der Waals surface area contributed by atoms with Crippen LogP contribution in [-0.2, 0) is 6.54 Å². The molecular weight excluding hydrogens is 231 g/mol. The number of piperidine rings is 1. The van der Waals surface area contributed by atoms with Crippen LogP contribution in [0.3, 0.4) is 0 Å². The van der Waals surface area contributed by atoms with Crippen LogP contribution >= 0.6 is 0 Å². The molecule has 0 saturated carbocycles. The predicted octanol–water partition coefficient (Wildman–Crippen LogP) is 1.40. The molecule has 0 radical (unpaired) electrons. The van der Waals surface area contributed by atoms with Gasteiger partial charge in [-0.3, -0.25) is 4.90 Å². The lowest BCUT2D eigenvalue weighted by Crippen LogP contribution is -2.39. The summed E-state index contributed by atoms with van der Waals surface area (Å²) in [5.74, 6) is -0.240. The van der Waals surface area contributed by atoms with Crippen LogP contribution in [0, 0.1) is 5.82 Å². The van der Waals surface area contributed by atoms with E-state index in [1.54, 1.807) is 10.5 Å². The Labute approximate surface area is 105 Å². The third-order valence-electron chi connectivity index (χ3n) is 3.48. The van der Waals surface area contributed by atoms with Crippen LogP contribution in [-0.4, -0.2) is 33.4 Å². The Morgan fingerprint density at radius 1 is 1.28 bits per heavy atom. The maximum absolute atomic E-state index is 13.1. The first-order valence-corrected chi connectivity index (χ1v) is 6.32. The van der Waals surface area contributed by atoms with Gasteiger partial charge in [0.2, 0.25) is 0 Å². The van der Waals surface area contributed by atoms with Gasteiger partial charge in [0.1, 0.15) is 11.5 Å². The molecule has 1 saturated heterocycles. The van der Waals surface area contributed by atoms with Crippen molar-refractivity contribution < 1.29 is 4.39 Å².